The highest BCUT2D eigenvalue weighted by atomic mass is 79.9. The van der Waals surface area contributed by atoms with Gasteiger partial charge in [0.15, 0.2) is 4.67 Å². The van der Waals surface area contributed by atoms with Gasteiger partial charge in [0.25, 0.3) is 0 Å². The molecule has 0 fully saturated rings. The SMILES string of the molecule is COCCN(C(C)C)S(=O)(=O)c1cc(CO)oc1Br. The van der Waals surface area contributed by atoms with Crippen molar-refractivity contribution in [3.05, 3.63) is 16.5 Å². The van der Waals surface area contributed by atoms with Crippen LogP contribution in [0.25, 0.3) is 0 Å². The lowest BCUT2D eigenvalue weighted by atomic mass is 10.4. The van der Waals surface area contributed by atoms with E-state index in [2.05, 4.69) is 15.9 Å². The second-order valence-electron chi connectivity index (χ2n) is 4.21. The molecule has 0 unspecified atom stereocenters. The van der Waals surface area contributed by atoms with Gasteiger partial charge in [-0.05, 0) is 29.8 Å². The smallest absolute Gasteiger partial charge is 0.247 e. The molecular weight excluding hydrogens is 338 g/mol. The summed E-state index contributed by atoms with van der Waals surface area (Å²) in [7, 11) is -2.17. The van der Waals surface area contributed by atoms with E-state index in [1.165, 1.54) is 17.5 Å². The first-order valence-corrected chi connectivity index (χ1v) is 7.97. The largest absolute Gasteiger partial charge is 0.450 e. The topological polar surface area (TPSA) is 80.0 Å². The number of furan rings is 1. The lowest BCUT2D eigenvalue weighted by molar-refractivity contribution is 0.171. The van der Waals surface area contributed by atoms with E-state index in [0.717, 1.165) is 0 Å². The molecule has 0 radical (unpaired) electrons. The van der Waals surface area contributed by atoms with E-state index < -0.39 is 10.0 Å². The number of sulfonamides is 1. The molecule has 1 aromatic rings. The minimum absolute atomic E-state index is 0.0151. The van der Waals surface area contributed by atoms with Crippen LogP contribution in [0.5, 0.6) is 0 Å². The molecule has 1 rings (SSSR count). The van der Waals surface area contributed by atoms with Crippen LogP contribution in [0.3, 0.4) is 0 Å². The van der Waals surface area contributed by atoms with Gasteiger partial charge in [-0.2, -0.15) is 4.31 Å². The van der Waals surface area contributed by atoms with Crippen LogP contribution in [0.2, 0.25) is 0 Å². The van der Waals surface area contributed by atoms with Crippen molar-refractivity contribution in [3.63, 3.8) is 0 Å². The highest BCUT2D eigenvalue weighted by Crippen LogP contribution is 2.29. The first kappa shape index (κ1) is 16.6. The summed E-state index contributed by atoms with van der Waals surface area (Å²) >= 11 is 3.06. The molecule has 0 aliphatic heterocycles. The zero-order valence-corrected chi connectivity index (χ0v) is 13.5. The molecule has 0 aromatic carbocycles. The van der Waals surface area contributed by atoms with Crippen molar-refractivity contribution in [2.75, 3.05) is 20.3 Å². The molecule has 0 aliphatic rings. The summed E-state index contributed by atoms with van der Waals surface area (Å²) in [5.41, 5.74) is 0. The van der Waals surface area contributed by atoms with Crippen molar-refractivity contribution in [1.82, 2.24) is 4.31 Å². The molecule has 1 aromatic heterocycles. The molecule has 6 nitrogen and oxygen atoms in total. The number of halogens is 1. The number of aliphatic hydroxyl groups is 1. The van der Waals surface area contributed by atoms with Crippen LogP contribution >= 0.6 is 15.9 Å². The third-order valence-electron chi connectivity index (χ3n) is 2.54. The quantitative estimate of drug-likeness (QED) is 0.802. The van der Waals surface area contributed by atoms with Gasteiger partial charge in [0.1, 0.15) is 17.3 Å². The number of aliphatic hydroxyl groups excluding tert-OH is 1. The zero-order valence-electron chi connectivity index (χ0n) is 11.1. The molecule has 1 N–H and O–H groups in total. The third-order valence-corrected chi connectivity index (χ3v) is 5.47. The van der Waals surface area contributed by atoms with Gasteiger partial charge in [0.2, 0.25) is 10.0 Å². The van der Waals surface area contributed by atoms with Crippen LogP contribution in [-0.4, -0.2) is 44.1 Å². The van der Waals surface area contributed by atoms with Crippen molar-refractivity contribution in [1.29, 1.82) is 0 Å². The Morgan fingerprint density at radius 1 is 1.53 bits per heavy atom. The van der Waals surface area contributed by atoms with Crippen LogP contribution in [-0.2, 0) is 21.4 Å². The first-order chi connectivity index (χ1) is 8.84. The normalized spacial score (nSPS) is 12.6. The fourth-order valence-electron chi connectivity index (χ4n) is 1.62. The van der Waals surface area contributed by atoms with Crippen LogP contribution in [0.15, 0.2) is 20.0 Å². The van der Waals surface area contributed by atoms with Crippen molar-refractivity contribution < 1.29 is 22.7 Å². The van der Waals surface area contributed by atoms with Crippen LogP contribution in [0, 0.1) is 0 Å². The average molecular weight is 356 g/mol. The maximum Gasteiger partial charge on any atom is 0.247 e. The van der Waals surface area contributed by atoms with Gasteiger partial charge in [-0.25, -0.2) is 8.42 Å². The molecular formula is C11H18BrNO5S. The third kappa shape index (κ3) is 3.79. The lowest BCUT2D eigenvalue weighted by Gasteiger charge is -2.24. The van der Waals surface area contributed by atoms with Crippen LogP contribution in [0.4, 0.5) is 0 Å². The number of hydrogen-bond donors (Lipinski definition) is 1. The van der Waals surface area contributed by atoms with Gasteiger partial charge in [0, 0.05) is 25.8 Å². The molecule has 0 amide bonds. The predicted octanol–water partition coefficient (Wildman–Crippen LogP) is 1.58. The second-order valence-corrected chi connectivity index (χ2v) is 6.79. The summed E-state index contributed by atoms with van der Waals surface area (Å²) in [6.07, 6.45) is 0. The summed E-state index contributed by atoms with van der Waals surface area (Å²) in [4.78, 5) is 0.0151. The number of ether oxygens (including phenoxy) is 1. The maximum absolute atomic E-state index is 12.5. The molecule has 0 aliphatic carbocycles. The van der Waals surface area contributed by atoms with Crippen molar-refractivity contribution in [2.45, 2.75) is 31.4 Å². The molecule has 110 valence electrons. The molecule has 8 heteroatoms. The average Bonchev–Trinajstić information content (AvgIpc) is 2.71. The molecule has 0 bridgehead atoms. The second kappa shape index (κ2) is 6.85. The van der Waals surface area contributed by atoms with Crippen molar-refractivity contribution >= 4 is 26.0 Å². The summed E-state index contributed by atoms with van der Waals surface area (Å²) in [5.74, 6) is 0.195. The monoisotopic (exact) mass is 355 g/mol. The van der Waals surface area contributed by atoms with Gasteiger partial charge < -0.3 is 14.3 Å². The summed E-state index contributed by atoms with van der Waals surface area (Å²) < 4.78 is 36.5. The van der Waals surface area contributed by atoms with Gasteiger partial charge in [-0.15, -0.1) is 0 Å². The molecule has 1 heterocycles. The van der Waals surface area contributed by atoms with Crippen molar-refractivity contribution in [3.8, 4) is 0 Å². The van der Waals surface area contributed by atoms with E-state index in [9.17, 15) is 8.42 Å². The zero-order chi connectivity index (χ0) is 14.6. The molecule has 0 spiro atoms. The Balaban J connectivity index is 3.14. The predicted molar refractivity (Wildman–Crippen MR) is 73.2 cm³/mol. The summed E-state index contributed by atoms with van der Waals surface area (Å²) in [6, 6.07) is 1.11. The fraction of sp³-hybridized carbons (Fsp3) is 0.636. The van der Waals surface area contributed by atoms with Crippen LogP contribution in [0.1, 0.15) is 19.6 Å². The molecule has 0 saturated carbocycles. The van der Waals surface area contributed by atoms with E-state index in [4.69, 9.17) is 14.3 Å². The fourth-order valence-corrected chi connectivity index (χ4v) is 4.20. The highest BCUT2D eigenvalue weighted by molar-refractivity contribution is 9.10. The van der Waals surface area contributed by atoms with E-state index >= 15 is 0 Å². The Morgan fingerprint density at radius 3 is 2.58 bits per heavy atom. The minimum Gasteiger partial charge on any atom is -0.450 e. The standard InChI is InChI=1S/C11H18BrNO5S/c1-8(2)13(4-5-17-3)19(15,16)10-6-9(7-14)18-11(10)12/h6,8,14H,4-5,7H2,1-3H3. The number of rotatable bonds is 7. The van der Waals surface area contributed by atoms with Gasteiger partial charge in [-0.3, -0.25) is 0 Å². The first-order valence-electron chi connectivity index (χ1n) is 5.74. The van der Waals surface area contributed by atoms with Gasteiger partial charge in [0.05, 0.1) is 6.61 Å². The van der Waals surface area contributed by atoms with Gasteiger partial charge in [-0.1, -0.05) is 0 Å². The van der Waals surface area contributed by atoms with E-state index in [1.807, 2.05) is 0 Å². The highest BCUT2D eigenvalue weighted by Gasteiger charge is 2.31. The Bertz CT molecular complexity index is 511. The molecule has 0 atom stereocenters. The van der Waals surface area contributed by atoms with E-state index in [1.54, 1.807) is 13.8 Å². The van der Waals surface area contributed by atoms with E-state index in [0.29, 0.717) is 6.61 Å². The number of hydrogen-bond acceptors (Lipinski definition) is 5. The molecule has 0 saturated heterocycles. The lowest BCUT2D eigenvalue weighted by Crippen LogP contribution is -2.39. The van der Waals surface area contributed by atoms with Crippen molar-refractivity contribution in [2.24, 2.45) is 0 Å². The number of methoxy groups -OCH3 is 1. The minimum atomic E-state index is -3.69. The van der Waals surface area contributed by atoms with E-state index in [-0.39, 0.29) is 34.5 Å². The number of nitrogens with zero attached hydrogens (tertiary/aromatic N) is 1. The Hall–Kier alpha value is -0.410. The Morgan fingerprint density at radius 2 is 2.16 bits per heavy atom. The Labute approximate surface area is 121 Å². The Kier molecular flexibility index (Phi) is 6.00. The maximum atomic E-state index is 12.5. The molecule has 19 heavy (non-hydrogen) atoms. The van der Waals surface area contributed by atoms with Crippen LogP contribution < -0.4 is 0 Å². The summed E-state index contributed by atoms with van der Waals surface area (Å²) in [6.45, 7) is 3.78. The summed E-state index contributed by atoms with van der Waals surface area (Å²) in [5, 5.41) is 8.99. The van der Waals surface area contributed by atoms with Gasteiger partial charge >= 0.3 is 0 Å².